The molecule has 6 atom stereocenters. The van der Waals surface area contributed by atoms with Crippen molar-refractivity contribution in [3.8, 4) is 11.5 Å². The first-order chi connectivity index (χ1) is 25.2. The van der Waals surface area contributed by atoms with E-state index in [2.05, 4.69) is 16.0 Å². The average molecular weight is 790 g/mol. The van der Waals surface area contributed by atoms with Crippen LogP contribution in [0.1, 0.15) is 26.3 Å². The van der Waals surface area contributed by atoms with Gasteiger partial charge in [-0.25, -0.2) is 4.79 Å². The molecule has 1 aliphatic heterocycles. The molecule has 2 amide bonds. The monoisotopic (exact) mass is 789 g/mol. The van der Waals surface area contributed by atoms with Crippen molar-refractivity contribution in [3.63, 3.8) is 0 Å². The minimum atomic E-state index is -4.73. The second kappa shape index (κ2) is 19.2. The molecule has 22 heteroatoms. The van der Waals surface area contributed by atoms with Gasteiger partial charge in [0.15, 0.2) is 17.7 Å². The summed E-state index contributed by atoms with van der Waals surface area (Å²) in [6.45, 7) is 3.54. The molecule has 0 bridgehead atoms. The van der Waals surface area contributed by atoms with Crippen LogP contribution >= 0.6 is 0 Å². The molecular weight excluding hydrogens is 746 g/mol. The third-order valence-corrected chi connectivity index (χ3v) is 8.34. The van der Waals surface area contributed by atoms with Crippen molar-refractivity contribution in [2.75, 3.05) is 38.7 Å². The number of rotatable bonds is 19. The van der Waals surface area contributed by atoms with Gasteiger partial charge in [-0.05, 0) is 45.1 Å². The third kappa shape index (κ3) is 13.1. The molecule has 0 radical (unpaired) electrons. The number of ketones is 2. The zero-order valence-electron chi connectivity index (χ0n) is 29.3. The van der Waals surface area contributed by atoms with Crippen molar-refractivity contribution in [3.05, 3.63) is 35.9 Å². The SMILES string of the molecule is CC(C)(C)C(=O)OCc1ccc(OCCOCCNC(=O)[C@H](CS(=O)(=O)O)NC(=O)CNC2C(=O)C=CC2=O)cc1O[C@@H]1O[C@H](C(=O)O)[C@@H](O)[C@H](O)[C@H]1O. The van der Waals surface area contributed by atoms with E-state index in [1.54, 1.807) is 20.8 Å². The van der Waals surface area contributed by atoms with Crippen LogP contribution in [0, 0.1) is 5.41 Å². The van der Waals surface area contributed by atoms with Crippen LogP contribution in [0.5, 0.6) is 11.5 Å². The van der Waals surface area contributed by atoms with E-state index in [1.807, 2.05) is 0 Å². The number of esters is 1. The van der Waals surface area contributed by atoms with Gasteiger partial charge in [0.05, 0.1) is 25.2 Å². The van der Waals surface area contributed by atoms with E-state index in [9.17, 15) is 62.2 Å². The Kier molecular flexibility index (Phi) is 15.6. The number of amides is 2. The Morgan fingerprint density at radius 3 is 2.24 bits per heavy atom. The molecular formula is C32H43N3O18S. The quantitative estimate of drug-likeness (QED) is 0.0293. The molecule has 2 aliphatic rings. The van der Waals surface area contributed by atoms with Gasteiger partial charge in [-0.15, -0.1) is 0 Å². The van der Waals surface area contributed by atoms with Crippen LogP contribution in [-0.4, -0.2) is 150 Å². The zero-order chi connectivity index (χ0) is 40.4. The Balaban J connectivity index is 1.54. The first-order valence-corrected chi connectivity index (χ1v) is 17.9. The van der Waals surface area contributed by atoms with Crippen LogP contribution in [0.25, 0.3) is 0 Å². The van der Waals surface area contributed by atoms with Crippen LogP contribution in [-0.2, 0) is 59.7 Å². The predicted octanol–water partition coefficient (Wildman–Crippen LogP) is -3.40. The predicted molar refractivity (Wildman–Crippen MR) is 179 cm³/mol. The highest BCUT2D eigenvalue weighted by Gasteiger charge is 2.48. The fraction of sp³-hybridized carbons (Fsp3) is 0.562. The molecule has 54 heavy (non-hydrogen) atoms. The van der Waals surface area contributed by atoms with E-state index in [0.29, 0.717) is 0 Å². The first-order valence-electron chi connectivity index (χ1n) is 16.3. The van der Waals surface area contributed by atoms with Crippen LogP contribution in [0.2, 0.25) is 0 Å². The highest BCUT2D eigenvalue weighted by Crippen LogP contribution is 2.31. The van der Waals surface area contributed by atoms with Gasteiger partial charge in [0.2, 0.25) is 18.1 Å². The van der Waals surface area contributed by atoms with E-state index in [1.165, 1.54) is 18.2 Å². The Labute approximate surface area is 308 Å². The zero-order valence-corrected chi connectivity index (χ0v) is 30.1. The smallest absolute Gasteiger partial charge is 0.335 e. The van der Waals surface area contributed by atoms with Crippen molar-refractivity contribution >= 4 is 45.4 Å². The summed E-state index contributed by atoms with van der Waals surface area (Å²) >= 11 is 0. The lowest BCUT2D eigenvalue weighted by Crippen LogP contribution is -2.61. The minimum Gasteiger partial charge on any atom is -0.491 e. The maximum Gasteiger partial charge on any atom is 0.335 e. The van der Waals surface area contributed by atoms with Crippen LogP contribution in [0.3, 0.4) is 0 Å². The van der Waals surface area contributed by atoms with E-state index in [4.69, 9.17) is 23.7 Å². The van der Waals surface area contributed by atoms with Gasteiger partial charge >= 0.3 is 11.9 Å². The minimum absolute atomic E-state index is 0.0594. The van der Waals surface area contributed by atoms with E-state index in [-0.39, 0.29) is 50.0 Å². The van der Waals surface area contributed by atoms with Crippen molar-refractivity contribution < 1.29 is 85.8 Å². The lowest BCUT2D eigenvalue weighted by atomic mass is 9.97. The number of carboxylic acids is 1. The lowest BCUT2D eigenvalue weighted by Gasteiger charge is -2.38. The summed E-state index contributed by atoms with van der Waals surface area (Å²) in [5.74, 6) is -6.35. The number of ether oxygens (including phenoxy) is 5. The Hall–Kier alpha value is -4.55. The number of hydrogen-bond donors (Lipinski definition) is 8. The molecule has 0 saturated carbocycles. The summed E-state index contributed by atoms with van der Waals surface area (Å²) in [6, 6.07) is 1.22. The maximum absolute atomic E-state index is 12.6. The highest BCUT2D eigenvalue weighted by atomic mass is 32.2. The summed E-state index contributed by atoms with van der Waals surface area (Å²) in [7, 11) is -4.73. The van der Waals surface area contributed by atoms with Crippen LogP contribution < -0.4 is 25.4 Å². The molecule has 1 aromatic rings. The van der Waals surface area contributed by atoms with E-state index >= 15 is 0 Å². The van der Waals surface area contributed by atoms with Gasteiger partial charge in [0, 0.05) is 18.2 Å². The van der Waals surface area contributed by atoms with Gasteiger partial charge in [-0.2, -0.15) is 8.42 Å². The van der Waals surface area contributed by atoms with Gasteiger partial charge in [-0.1, -0.05) is 0 Å². The first kappa shape index (κ1) is 43.9. The second-order valence-corrected chi connectivity index (χ2v) is 14.5. The number of aliphatic hydroxyl groups excluding tert-OH is 3. The molecule has 0 aromatic heterocycles. The number of benzene rings is 1. The Bertz CT molecular complexity index is 1680. The summed E-state index contributed by atoms with van der Waals surface area (Å²) < 4.78 is 59.4. The topological polar surface area (TPSA) is 320 Å². The number of aliphatic hydroxyl groups is 3. The number of carboxylic acid groups (broad SMARTS) is 1. The molecule has 1 aromatic carbocycles. The van der Waals surface area contributed by atoms with E-state index < -0.39 is 106 Å². The number of carbonyl (C=O) groups excluding carboxylic acids is 5. The Morgan fingerprint density at radius 1 is 0.963 bits per heavy atom. The Morgan fingerprint density at radius 2 is 1.63 bits per heavy atom. The summed E-state index contributed by atoms with van der Waals surface area (Å²) in [4.78, 5) is 72.1. The summed E-state index contributed by atoms with van der Waals surface area (Å²) in [5, 5.41) is 46.8. The average Bonchev–Trinajstić information content (AvgIpc) is 3.40. The van der Waals surface area contributed by atoms with Crippen molar-refractivity contribution in [1.82, 2.24) is 16.0 Å². The van der Waals surface area contributed by atoms with Gasteiger partial charge in [0.1, 0.15) is 60.9 Å². The highest BCUT2D eigenvalue weighted by molar-refractivity contribution is 7.85. The standard InChI is InChI=1S/C32H43N3O18S/c1-32(2,3)31(45)51-14-16-4-5-17(12-21(16)52-30-26(41)24(39)25(40)27(53-30)29(43)44)50-11-10-49-9-8-33-28(42)18(15-54(46,47)48)35-22(38)13-34-23-19(36)6-7-20(23)37/h4-7,12,18,23-27,30,34,39-41H,8-11,13-15H2,1-3H3,(H,33,42)(H,35,38)(H,43,44)(H,46,47,48)/t18-,24-,25-,26+,27-,30+/m0/s1. The van der Waals surface area contributed by atoms with Crippen LogP contribution in [0.4, 0.5) is 0 Å². The fourth-order valence-electron chi connectivity index (χ4n) is 4.71. The molecule has 21 nitrogen and oxygen atoms in total. The fourth-order valence-corrected chi connectivity index (χ4v) is 5.37. The number of carbonyl (C=O) groups is 6. The van der Waals surface area contributed by atoms with Gasteiger partial charge in [-0.3, -0.25) is 33.8 Å². The van der Waals surface area contributed by atoms with Gasteiger partial charge < -0.3 is 54.7 Å². The molecule has 8 N–H and O–H groups in total. The molecule has 0 spiro atoms. The molecule has 1 heterocycles. The molecule has 3 rings (SSSR count). The number of hydrogen-bond acceptors (Lipinski definition) is 17. The van der Waals surface area contributed by atoms with E-state index in [0.717, 1.165) is 12.2 Å². The molecule has 1 aliphatic carbocycles. The summed E-state index contributed by atoms with van der Waals surface area (Å²) in [6.07, 6.45) is -7.43. The largest absolute Gasteiger partial charge is 0.491 e. The normalized spacial score (nSPS) is 22.4. The van der Waals surface area contributed by atoms with Crippen molar-refractivity contribution in [1.29, 1.82) is 0 Å². The second-order valence-electron chi connectivity index (χ2n) is 13.0. The number of nitrogens with one attached hydrogen (secondary N) is 3. The van der Waals surface area contributed by atoms with Crippen molar-refractivity contribution in [2.45, 2.75) is 70.2 Å². The molecule has 1 saturated heterocycles. The van der Waals surface area contributed by atoms with Crippen LogP contribution in [0.15, 0.2) is 30.4 Å². The van der Waals surface area contributed by atoms with Crippen molar-refractivity contribution in [2.24, 2.45) is 5.41 Å². The molecule has 0 unspecified atom stereocenters. The molecule has 300 valence electrons. The molecule has 1 fully saturated rings. The maximum atomic E-state index is 12.6. The van der Waals surface area contributed by atoms with Gasteiger partial charge in [0.25, 0.3) is 10.1 Å². The lowest BCUT2D eigenvalue weighted by molar-refractivity contribution is -0.271. The number of aliphatic carboxylic acids is 1. The summed E-state index contributed by atoms with van der Waals surface area (Å²) in [5.41, 5.74) is -0.606. The third-order valence-electron chi connectivity index (χ3n) is 7.58.